The number of aromatic carboxylic acids is 1. The summed E-state index contributed by atoms with van der Waals surface area (Å²) in [6.07, 6.45) is 4.27. The Morgan fingerprint density at radius 2 is 1.90 bits per heavy atom. The van der Waals surface area contributed by atoms with E-state index < -0.39 is 5.97 Å². The number of carbonyl (C=O) groups excluding carboxylic acids is 1. The standard InChI is InChI=1S/C16H24O3.K/c1-5-6-7-8-16(3,4)13-10-12(15(18)19)11(2)9-14(13)17;/h9-10,17H,5-8H2,1-4H3,(H,18,19);/q;+1/p-1. The quantitative estimate of drug-likeness (QED) is 0.591. The first-order valence-corrected chi connectivity index (χ1v) is 6.85. The molecular weight excluding hydrogens is 279 g/mol. The average Bonchev–Trinajstić information content (AvgIpc) is 2.28. The van der Waals surface area contributed by atoms with Crippen LogP contribution in [-0.4, -0.2) is 11.1 Å². The maximum absolute atomic E-state index is 11.1. The van der Waals surface area contributed by atoms with Gasteiger partial charge in [0.1, 0.15) is 5.75 Å². The fourth-order valence-electron chi connectivity index (χ4n) is 2.41. The van der Waals surface area contributed by atoms with Gasteiger partial charge in [0.15, 0.2) is 0 Å². The van der Waals surface area contributed by atoms with Crippen molar-refractivity contribution in [1.82, 2.24) is 0 Å². The second kappa shape index (κ2) is 8.54. The van der Waals surface area contributed by atoms with Crippen molar-refractivity contribution < 1.29 is 66.4 Å². The molecule has 0 atom stereocenters. The van der Waals surface area contributed by atoms with Crippen LogP contribution in [-0.2, 0) is 5.41 Å². The topological polar surface area (TPSA) is 60.4 Å². The second-order valence-corrected chi connectivity index (χ2v) is 5.81. The van der Waals surface area contributed by atoms with Crippen LogP contribution < -0.4 is 56.5 Å². The normalized spacial score (nSPS) is 11.0. The van der Waals surface area contributed by atoms with Gasteiger partial charge in [0.25, 0.3) is 0 Å². The number of aryl methyl sites for hydroxylation is 1. The Balaban J connectivity index is 0.00000361. The van der Waals surface area contributed by atoms with Crippen LogP contribution >= 0.6 is 0 Å². The summed E-state index contributed by atoms with van der Waals surface area (Å²) in [7, 11) is 0. The van der Waals surface area contributed by atoms with Crippen LogP contribution in [0.4, 0.5) is 0 Å². The number of carboxylic acids is 1. The predicted octanol–water partition coefficient (Wildman–Crippen LogP) is -0.0740. The smallest absolute Gasteiger partial charge is 0.545 e. The number of benzene rings is 1. The van der Waals surface area contributed by atoms with Gasteiger partial charge in [-0.3, -0.25) is 0 Å². The number of unbranched alkanes of at least 4 members (excludes halogenated alkanes) is 2. The van der Waals surface area contributed by atoms with Crippen LogP contribution in [0.25, 0.3) is 0 Å². The van der Waals surface area contributed by atoms with Crippen molar-refractivity contribution in [2.45, 2.75) is 58.8 Å². The number of carbonyl (C=O) groups is 1. The Morgan fingerprint density at radius 1 is 1.30 bits per heavy atom. The summed E-state index contributed by atoms with van der Waals surface area (Å²) in [5.41, 5.74) is 1.15. The van der Waals surface area contributed by atoms with Crippen molar-refractivity contribution in [1.29, 1.82) is 0 Å². The molecule has 0 saturated carbocycles. The van der Waals surface area contributed by atoms with Crippen molar-refractivity contribution in [3.05, 3.63) is 28.8 Å². The number of carboxylic acid groups (broad SMARTS) is 1. The Kier molecular flexibility index (Phi) is 8.59. The Hall–Kier alpha value is 0.126. The van der Waals surface area contributed by atoms with E-state index in [0.717, 1.165) is 25.7 Å². The minimum absolute atomic E-state index is 0. The molecule has 0 aromatic heterocycles. The summed E-state index contributed by atoms with van der Waals surface area (Å²) in [5, 5.41) is 21.2. The fraction of sp³-hybridized carbons (Fsp3) is 0.562. The molecular formula is C16H23KO3. The molecule has 0 heterocycles. The molecule has 0 aliphatic rings. The zero-order chi connectivity index (χ0) is 14.6. The molecule has 0 radical (unpaired) electrons. The van der Waals surface area contributed by atoms with Gasteiger partial charge in [-0.25, -0.2) is 0 Å². The molecule has 1 rings (SSSR count). The summed E-state index contributed by atoms with van der Waals surface area (Å²) in [4.78, 5) is 11.1. The van der Waals surface area contributed by atoms with Crippen LogP contribution in [0.3, 0.4) is 0 Å². The van der Waals surface area contributed by atoms with E-state index in [4.69, 9.17) is 0 Å². The van der Waals surface area contributed by atoms with Gasteiger partial charge in [-0.2, -0.15) is 0 Å². The van der Waals surface area contributed by atoms with Gasteiger partial charge in [0, 0.05) is 11.1 Å². The molecule has 3 nitrogen and oxygen atoms in total. The predicted molar refractivity (Wildman–Crippen MR) is 74.3 cm³/mol. The number of aromatic hydroxyl groups is 1. The van der Waals surface area contributed by atoms with Gasteiger partial charge >= 0.3 is 51.4 Å². The summed E-state index contributed by atoms with van der Waals surface area (Å²) >= 11 is 0. The van der Waals surface area contributed by atoms with Crippen molar-refractivity contribution in [2.75, 3.05) is 0 Å². The Morgan fingerprint density at radius 3 is 2.40 bits per heavy atom. The van der Waals surface area contributed by atoms with Crippen molar-refractivity contribution in [2.24, 2.45) is 0 Å². The summed E-state index contributed by atoms with van der Waals surface area (Å²) in [6, 6.07) is 3.08. The van der Waals surface area contributed by atoms with Crippen molar-refractivity contribution in [3.63, 3.8) is 0 Å². The van der Waals surface area contributed by atoms with Gasteiger partial charge in [0.05, 0.1) is 5.97 Å². The van der Waals surface area contributed by atoms with E-state index in [-0.39, 0.29) is 68.1 Å². The molecule has 1 aromatic rings. The zero-order valence-corrected chi connectivity index (χ0v) is 16.4. The van der Waals surface area contributed by atoms with Gasteiger partial charge in [-0.15, -0.1) is 0 Å². The van der Waals surface area contributed by atoms with Gasteiger partial charge in [-0.05, 0) is 36.5 Å². The van der Waals surface area contributed by atoms with Crippen LogP contribution in [0, 0.1) is 6.92 Å². The third-order valence-corrected chi connectivity index (χ3v) is 3.70. The molecule has 0 fully saturated rings. The second-order valence-electron chi connectivity index (χ2n) is 5.81. The molecule has 0 aliphatic carbocycles. The van der Waals surface area contributed by atoms with Crippen molar-refractivity contribution in [3.8, 4) is 5.75 Å². The van der Waals surface area contributed by atoms with Gasteiger partial charge < -0.3 is 15.0 Å². The van der Waals surface area contributed by atoms with E-state index in [1.165, 1.54) is 6.07 Å². The summed E-state index contributed by atoms with van der Waals surface area (Å²) in [5.74, 6) is -1.02. The molecule has 0 amide bonds. The molecule has 4 heteroatoms. The van der Waals surface area contributed by atoms with E-state index >= 15 is 0 Å². The molecule has 0 saturated heterocycles. The first-order chi connectivity index (χ1) is 8.79. The number of hydrogen-bond acceptors (Lipinski definition) is 3. The number of hydrogen-bond donors (Lipinski definition) is 1. The number of phenols is 1. The zero-order valence-electron chi connectivity index (χ0n) is 13.2. The number of phenolic OH excluding ortho intramolecular Hbond substituents is 1. The fourth-order valence-corrected chi connectivity index (χ4v) is 2.41. The third-order valence-electron chi connectivity index (χ3n) is 3.70. The SMILES string of the molecule is CCCCCC(C)(C)c1cc(C(=O)[O-])c(C)cc1O.[K+]. The molecule has 1 N–H and O–H groups in total. The maximum Gasteiger partial charge on any atom is 1.00 e. The first-order valence-electron chi connectivity index (χ1n) is 6.85. The Bertz CT molecular complexity index is 467. The minimum Gasteiger partial charge on any atom is -0.545 e. The van der Waals surface area contributed by atoms with E-state index in [9.17, 15) is 15.0 Å². The van der Waals surface area contributed by atoms with Gasteiger partial charge in [-0.1, -0.05) is 40.0 Å². The molecule has 0 unspecified atom stereocenters. The summed E-state index contributed by atoms with van der Waals surface area (Å²) < 4.78 is 0. The molecule has 1 aromatic carbocycles. The third kappa shape index (κ3) is 5.15. The molecule has 0 spiro atoms. The van der Waals surface area contributed by atoms with E-state index in [1.54, 1.807) is 13.0 Å². The van der Waals surface area contributed by atoms with E-state index in [1.807, 2.05) is 13.8 Å². The average molecular weight is 302 g/mol. The van der Waals surface area contributed by atoms with Crippen LogP contribution in [0.2, 0.25) is 0 Å². The van der Waals surface area contributed by atoms with Crippen LogP contribution in [0.5, 0.6) is 5.75 Å². The van der Waals surface area contributed by atoms with E-state index in [2.05, 4.69) is 6.92 Å². The summed E-state index contributed by atoms with van der Waals surface area (Å²) in [6.45, 7) is 7.88. The molecule has 0 aliphatic heterocycles. The largest absolute Gasteiger partial charge is 1.00 e. The maximum atomic E-state index is 11.1. The van der Waals surface area contributed by atoms with Gasteiger partial charge in [0.2, 0.25) is 0 Å². The monoisotopic (exact) mass is 302 g/mol. The molecule has 0 bridgehead atoms. The van der Waals surface area contributed by atoms with Crippen LogP contribution in [0.15, 0.2) is 12.1 Å². The van der Waals surface area contributed by atoms with E-state index in [0.29, 0.717) is 11.1 Å². The number of rotatable bonds is 6. The van der Waals surface area contributed by atoms with Crippen LogP contribution in [0.1, 0.15) is 67.9 Å². The minimum atomic E-state index is -1.19. The van der Waals surface area contributed by atoms with Crippen molar-refractivity contribution >= 4 is 5.97 Å². The molecule has 20 heavy (non-hydrogen) atoms. The molecule has 106 valence electrons. The Labute approximate surface area is 164 Å². The first kappa shape index (κ1) is 20.1.